The van der Waals surface area contributed by atoms with E-state index >= 15 is 8.78 Å². The molecule has 164 valence electrons. The Balaban J connectivity index is 2.17. The fraction of sp³-hybridized carbons (Fsp3) is 0.0588. The van der Waals surface area contributed by atoms with Crippen LogP contribution in [-0.2, 0) is 5.92 Å². The molecule has 0 saturated heterocycles. The van der Waals surface area contributed by atoms with E-state index in [1.807, 2.05) is 0 Å². The largest absolute Gasteiger partial charge is 0.328 e. The highest BCUT2D eigenvalue weighted by molar-refractivity contribution is 5.90. The van der Waals surface area contributed by atoms with Gasteiger partial charge >= 0.3 is 5.92 Å². The van der Waals surface area contributed by atoms with Crippen molar-refractivity contribution in [2.75, 3.05) is 0 Å². The summed E-state index contributed by atoms with van der Waals surface area (Å²) in [5.41, 5.74) is -7.93. The van der Waals surface area contributed by atoms with Gasteiger partial charge in [0.15, 0.2) is 46.5 Å². The number of hydrogen-bond donors (Lipinski definition) is 2. The van der Waals surface area contributed by atoms with Gasteiger partial charge in [-0.1, -0.05) is 0 Å². The van der Waals surface area contributed by atoms with Crippen LogP contribution in [0.3, 0.4) is 0 Å². The molecule has 2 nitrogen and oxygen atoms in total. The number of halogens is 12. The van der Waals surface area contributed by atoms with Crippen molar-refractivity contribution >= 4 is 21.8 Å². The molecular weight excluding hydrogens is 460 g/mol. The molecule has 2 N–H and O–H groups in total. The Kier molecular flexibility index (Phi) is 4.28. The second-order valence-corrected chi connectivity index (χ2v) is 6.21. The zero-order chi connectivity index (χ0) is 23.2. The van der Waals surface area contributed by atoms with E-state index in [4.69, 9.17) is 0 Å². The summed E-state index contributed by atoms with van der Waals surface area (Å²) in [6.45, 7) is 0. The number of H-pyrrole nitrogens is 2. The van der Waals surface area contributed by atoms with Gasteiger partial charge in [0, 0.05) is 0 Å². The van der Waals surface area contributed by atoms with Crippen LogP contribution in [0.4, 0.5) is 52.7 Å². The minimum atomic E-state index is -5.28. The number of hydrogen-bond acceptors (Lipinski definition) is 0. The summed E-state index contributed by atoms with van der Waals surface area (Å²) >= 11 is 0. The zero-order valence-corrected chi connectivity index (χ0v) is 14.0. The Labute approximate surface area is 161 Å². The maximum atomic E-state index is 15.1. The molecule has 0 aliphatic carbocycles. The summed E-state index contributed by atoms with van der Waals surface area (Å²) in [7, 11) is 0. The van der Waals surface area contributed by atoms with Crippen molar-refractivity contribution in [3.8, 4) is 0 Å². The van der Waals surface area contributed by atoms with E-state index in [0.29, 0.717) is 0 Å². The summed E-state index contributed by atoms with van der Waals surface area (Å²) < 4.78 is 168. The standard InChI is InChI=1S/C17H2F12N2/c18-5-1-3(15(26)30-13(1)11(24)9(22)7(5)20)17(28,29)4-2-6(19)8(21)10(23)12(25)14(2)31-16(4)27/h30-31H. The maximum Gasteiger partial charge on any atom is 0.308 e. The number of fused-ring (bicyclic) bond motifs is 2. The number of benzene rings is 2. The molecule has 0 saturated carbocycles. The number of aromatic amines is 2. The van der Waals surface area contributed by atoms with Crippen LogP contribution in [0.2, 0.25) is 0 Å². The van der Waals surface area contributed by atoms with Gasteiger partial charge in [-0.3, -0.25) is 0 Å². The molecule has 4 rings (SSSR count). The molecule has 2 heterocycles. The van der Waals surface area contributed by atoms with Crippen molar-refractivity contribution in [2.24, 2.45) is 0 Å². The Hall–Kier alpha value is -3.32. The first-order chi connectivity index (χ1) is 14.3. The molecule has 0 aliphatic rings. The molecule has 0 fully saturated rings. The second-order valence-electron chi connectivity index (χ2n) is 6.21. The van der Waals surface area contributed by atoms with Crippen LogP contribution in [-0.4, -0.2) is 9.97 Å². The second kappa shape index (κ2) is 6.34. The van der Waals surface area contributed by atoms with Crippen LogP contribution in [0.15, 0.2) is 0 Å². The fourth-order valence-corrected chi connectivity index (χ4v) is 3.25. The van der Waals surface area contributed by atoms with Gasteiger partial charge in [-0.25, -0.2) is 35.1 Å². The van der Waals surface area contributed by atoms with Crippen molar-refractivity contribution in [1.29, 1.82) is 0 Å². The topological polar surface area (TPSA) is 31.6 Å². The van der Waals surface area contributed by atoms with E-state index in [9.17, 15) is 43.9 Å². The first kappa shape index (κ1) is 20.9. The Morgan fingerprint density at radius 3 is 1.03 bits per heavy atom. The maximum absolute atomic E-state index is 15.1. The highest BCUT2D eigenvalue weighted by Crippen LogP contribution is 2.47. The van der Waals surface area contributed by atoms with E-state index in [-0.39, 0.29) is 0 Å². The zero-order valence-electron chi connectivity index (χ0n) is 14.0. The van der Waals surface area contributed by atoms with Gasteiger partial charge in [-0.15, -0.1) is 0 Å². The van der Waals surface area contributed by atoms with E-state index in [1.54, 1.807) is 0 Å². The molecule has 0 atom stereocenters. The van der Waals surface area contributed by atoms with Crippen LogP contribution in [0.25, 0.3) is 21.8 Å². The number of rotatable bonds is 2. The predicted octanol–water partition coefficient (Wildman–Crippen LogP) is 6.18. The molecule has 0 amide bonds. The number of aromatic nitrogens is 2. The molecule has 2 aromatic heterocycles. The van der Waals surface area contributed by atoms with Crippen LogP contribution in [0, 0.1) is 58.4 Å². The lowest BCUT2D eigenvalue weighted by atomic mass is 9.97. The van der Waals surface area contributed by atoms with Crippen molar-refractivity contribution in [2.45, 2.75) is 5.92 Å². The Morgan fingerprint density at radius 1 is 0.419 bits per heavy atom. The van der Waals surface area contributed by atoms with Gasteiger partial charge in [0.05, 0.1) is 32.9 Å². The summed E-state index contributed by atoms with van der Waals surface area (Å²) in [5.74, 6) is -29.9. The third-order valence-electron chi connectivity index (χ3n) is 4.57. The minimum Gasteiger partial charge on any atom is -0.328 e. The van der Waals surface area contributed by atoms with Crippen molar-refractivity contribution in [3.63, 3.8) is 0 Å². The van der Waals surface area contributed by atoms with Gasteiger partial charge in [-0.2, -0.15) is 17.6 Å². The minimum absolute atomic E-state index is 1.18. The molecule has 0 aliphatic heterocycles. The fourth-order valence-electron chi connectivity index (χ4n) is 3.25. The average Bonchev–Trinajstić information content (AvgIpc) is 3.25. The summed E-state index contributed by atoms with van der Waals surface area (Å²) in [6, 6.07) is 0. The molecule has 0 bridgehead atoms. The molecular formula is C17H2F12N2. The highest BCUT2D eigenvalue weighted by Gasteiger charge is 2.48. The molecule has 0 radical (unpaired) electrons. The van der Waals surface area contributed by atoms with Gasteiger partial charge in [0.2, 0.25) is 11.9 Å². The molecule has 4 aromatic rings. The molecule has 31 heavy (non-hydrogen) atoms. The average molecular weight is 462 g/mol. The lowest BCUT2D eigenvalue weighted by Crippen LogP contribution is -2.19. The summed E-state index contributed by atoms with van der Waals surface area (Å²) in [5, 5.41) is -3.84. The monoisotopic (exact) mass is 462 g/mol. The van der Waals surface area contributed by atoms with Crippen molar-refractivity contribution < 1.29 is 52.7 Å². The van der Waals surface area contributed by atoms with Gasteiger partial charge in [0.1, 0.15) is 0 Å². The third kappa shape index (κ3) is 2.50. The molecule has 2 aromatic carbocycles. The van der Waals surface area contributed by atoms with Gasteiger partial charge < -0.3 is 9.97 Å². The first-order valence-electron chi connectivity index (χ1n) is 7.77. The normalized spacial score (nSPS) is 12.5. The lowest BCUT2D eigenvalue weighted by molar-refractivity contribution is 0.0376. The van der Waals surface area contributed by atoms with Crippen molar-refractivity contribution in [1.82, 2.24) is 9.97 Å². The van der Waals surface area contributed by atoms with E-state index < -0.39 is 97.3 Å². The molecule has 0 spiro atoms. The number of alkyl halides is 2. The van der Waals surface area contributed by atoms with Crippen LogP contribution in [0.1, 0.15) is 11.1 Å². The van der Waals surface area contributed by atoms with Crippen LogP contribution < -0.4 is 0 Å². The Morgan fingerprint density at radius 2 is 0.710 bits per heavy atom. The van der Waals surface area contributed by atoms with E-state index in [0.717, 1.165) is 0 Å². The van der Waals surface area contributed by atoms with E-state index in [1.165, 1.54) is 9.97 Å². The number of nitrogens with one attached hydrogen (secondary N) is 2. The lowest BCUT2D eigenvalue weighted by Gasteiger charge is -2.16. The highest BCUT2D eigenvalue weighted by atomic mass is 19.3. The molecule has 14 heteroatoms. The molecule has 0 unspecified atom stereocenters. The van der Waals surface area contributed by atoms with Crippen LogP contribution in [0.5, 0.6) is 0 Å². The van der Waals surface area contributed by atoms with Gasteiger partial charge in [0.25, 0.3) is 0 Å². The van der Waals surface area contributed by atoms with Crippen LogP contribution >= 0.6 is 0 Å². The smallest absolute Gasteiger partial charge is 0.308 e. The SMILES string of the molecule is Fc1[nH]c2c(F)c(F)c(F)c(F)c2c1C(F)(F)c1c(F)[nH]c2c(F)c(F)c(F)c(F)c12. The third-order valence-corrected chi connectivity index (χ3v) is 4.57. The summed E-state index contributed by atoms with van der Waals surface area (Å²) in [6.07, 6.45) is 0. The van der Waals surface area contributed by atoms with E-state index in [2.05, 4.69) is 0 Å². The predicted molar refractivity (Wildman–Crippen MR) is 79.2 cm³/mol. The quantitative estimate of drug-likeness (QED) is 0.203. The Bertz CT molecular complexity index is 1310. The van der Waals surface area contributed by atoms with Crippen molar-refractivity contribution in [3.05, 3.63) is 69.6 Å². The summed E-state index contributed by atoms with van der Waals surface area (Å²) in [4.78, 5) is 2.37. The first-order valence-corrected chi connectivity index (χ1v) is 7.77. The van der Waals surface area contributed by atoms with Gasteiger partial charge in [-0.05, 0) is 0 Å².